The summed E-state index contributed by atoms with van der Waals surface area (Å²) in [6.45, 7) is 6.25. The highest BCUT2D eigenvalue weighted by molar-refractivity contribution is 9.10. The van der Waals surface area contributed by atoms with Gasteiger partial charge in [0, 0.05) is 15.9 Å². The highest BCUT2D eigenvalue weighted by Gasteiger charge is 2.30. The molecule has 0 saturated heterocycles. The van der Waals surface area contributed by atoms with Crippen molar-refractivity contribution in [2.45, 2.75) is 13.8 Å². The van der Waals surface area contributed by atoms with E-state index in [1.54, 1.807) is 11.8 Å². The number of rotatable bonds is 1. The van der Waals surface area contributed by atoms with E-state index in [0.717, 1.165) is 18.3 Å². The van der Waals surface area contributed by atoms with E-state index in [0.29, 0.717) is 0 Å². The number of fused-ring (bicyclic) bond motifs is 1. The fourth-order valence-corrected chi connectivity index (χ4v) is 3.54. The molecule has 2 aliphatic heterocycles. The van der Waals surface area contributed by atoms with E-state index in [1.165, 1.54) is 26.2 Å². The van der Waals surface area contributed by atoms with Gasteiger partial charge in [0.1, 0.15) is 0 Å². The van der Waals surface area contributed by atoms with E-state index in [9.17, 15) is 0 Å². The molecule has 0 aliphatic carbocycles. The molecule has 3 rings (SSSR count). The molecule has 5 heteroatoms. The number of allylic oxidation sites excluding steroid dienone is 1. The first-order chi connectivity index (χ1) is 8.16. The van der Waals surface area contributed by atoms with Crippen LogP contribution in [0.2, 0.25) is 0 Å². The van der Waals surface area contributed by atoms with Crippen molar-refractivity contribution in [3.05, 3.63) is 38.7 Å². The molecule has 18 heavy (non-hydrogen) atoms. The van der Waals surface area contributed by atoms with Crippen LogP contribution in [0.4, 0.5) is 0 Å². The van der Waals surface area contributed by atoms with Crippen LogP contribution in [-0.2, 0) is 0 Å². The van der Waals surface area contributed by atoms with Crippen LogP contribution < -0.4 is 0 Å². The van der Waals surface area contributed by atoms with E-state index < -0.39 is 0 Å². The highest BCUT2D eigenvalue weighted by atomic mass is 79.9. The van der Waals surface area contributed by atoms with Gasteiger partial charge in [0.15, 0.2) is 5.17 Å². The largest absolute Gasteiger partial charge is 0.318 e. The second kappa shape index (κ2) is 5.39. The predicted molar refractivity (Wildman–Crippen MR) is 88.4 cm³/mol. The Hall–Kier alpha value is -0.260. The molecule has 0 radical (unpaired) electrons. The summed E-state index contributed by atoms with van der Waals surface area (Å²) in [5.74, 6) is 0. The minimum atomic E-state index is 0. The summed E-state index contributed by atoms with van der Waals surface area (Å²) in [7, 11) is 0. The van der Waals surface area contributed by atoms with Crippen molar-refractivity contribution < 1.29 is 0 Å². The van der Waals surface area contributed by atoms with Crippen LogP contribution in [-0.4, -0.2) is 23.2 Å². The van der Waals surface area contributed by atoms with Crippen LogP contribution >= 0.6 is 44.7 Å². The fourth-order valence-electron chi connectivity index (χ4n) is 2.25. The van der Waals surface area contributed by atoms with Gasteiger partial charge >= 0.3 is 0 Å². The zero-order valence-corrected chi connectivity index (χ0v) is 14.4. The Kier molecular flexibility index (Phi) is 4.24. The summed E-state index contributed by atoms with van der Waals surface area (Å²) in [6.07, 6.45) is 0. The minimum Gasteiger partial charge on any atom is -0.318 e. The lowest BCUT2D eigenvalue weighted by Gasteiger charge is -2.17. The van der Waals surface area contributed by atoms with E-state index >= 15 is 0 Å². The standard InChI is InChI=1S/C13H13BrN2S.BrH/c1-8-7-10(3-4-11(8)14)12-9(2)17-13-15-5-6-16(12)13;/h3-4,7H,5-6H2,1-2H3;1H. The smallest absolute Gasteiger partial charge is 0.168 e. The first kappa shape index (κ1) is 14.2. The van der Waals surface area contributed by atoms with Crippen LogP contribution in [0.15, 0.2) is 32.6 Å². The molecule has 2 aliphatic rings. The quantitative estimate of drug-likeness (QED) is 0.705. The zero-order chi connectivity index (χ0) is 12.0. The summed E-state index contributed by atoms with van der Waals surface area (Å²) < 4.78 is 1.17. The number of thioether (sulfide) groups is 1. The van der Waals surface area contributed by atoms with E-state index in [1.807, 2.05) is 0 Å². The van der Waals surface area contributed by atoms with Crippen LogP contribution in [0.25, 0.3) is 5.70 Å². The number of halogens is 2. The maximum absolute atomic E-state index is 4.52. The molecular weight excluding hydrogens is 376 g/mol. The Morgan fingerprint density at radius 3 is 2.83 bits per heavy atom. The molecule has 0 saturated carbocycles. The summed E-state index contributed by atoms with van der Waals surface area (Å²) in [4.78, 5) is 8.21. The van der Waals surface area contributed by atoms with Crippen molar-refractivity contribution in [3.63, 3.8) is 0 Å². The second-order valence-electron chi connectivity index (χ2n) is 4.29. The van der Waals surface area contributed by atoms with Gasteiger partial charge in [-0.25, -0.2) is 0 Å². The molecule has 2 nitrogen and oxygen atoms in total. The normalized spacial score (nSPS) is 17.7. The molecule has 0 amide bonds. The Labute approximate surface area is 130 Å². The van der Waals surface area contributed by atoms with E-state index in [2.05, 4.69) is 57.9 Å². The Bertz CT molecular complexity index is 552. The maximum atomic E-state index is 4.52. The number of benzene rings is 1. The number of nitrogens with zero attached hydrogens (tertiary/aromatic N) is 2. The molecule has 0 unspecified atom stereocenters. The lowest BCUT2D eigenvalue weighted by molar-refractivity contribution is 0.647. The summed E-state index contributed by atoms with van der Waals surface area (Å²) in [6, 6.07) is 6.54. The summed E-state index contributed by atoms with van der Waals surface area (Å²) >= 11 is 5.34. The average Bonchev–Trinajstić information content (AvgIpc) is 2.82. The van der Waals surface area contributed by atoms with Crippen molar-refractivity contribution in [2.24, 2.45) is 4.99 Å². The van der Waals surface area contributed by atoms with Crippen LogP contribution in [0.1, 0.15) is 18.1 Å². The fraction of sp³-hybridized carbons (Fsp3) is 0.308. The maximum Gasteiger partial charge on any atom is 0.168 e. The minimum absolute atomic E-state index is 0. The number of amidine groups is 1. The summed E-state index contributed by atoms with van der Waals surface area (Å²) in [5.41, 5.74) is 3.90. The van der Waals surface area contributed by atoms with Gasteiger partial charge < -0.3 is 4.90 Å². The van der Waals surface area contributed by atoms with Gasteiger partial charge in [0.25, 0.3) is 0 Å². The van der Waals surface area contributed by atoms with E-state index in [4.69, 9.17) is 0 Å². The predicted octanol–water partition coefficient (Wildman–Crippen LogP) is 4.44. The first-order valence-corrected chi connectivity index (χ1v) is 7.25. The third kappa shape index (κ3) is 2.28. The van der Waals surface area contributed by atoms with Crippen molar-refractivity contribution in [1.82, 2.24) is 4.90 Å². The Morgan fingerprint density at radius 1 is 1.33 bits per heavy atom. The van der Waals surface area contributed by atoms with E-state index in [-0.39, 0.29) is 17.0 Å². The molecule has 0 spiro atoms. The lowest BCUT2D eigenvalue weighted by Crippen LogP contribution is -2.20. The van der Waals surface area contributed by atoms with Crippen molar-refractivity contribution in [1.29, 1.82) is 0 Å². The lowest BCUT2D eigenvalue weighted by atomic mass is 10.1. The molecular formula is C13H14Br2N2S. The topological polar surface area (TPSA) is 15.6 Å². The van der Waals surface area contributed by atoms with Gasteiger partial charge in [-0.3, -0.25) is 4.99 Å². The molecule has 1 aromatic rings. The number of hydrogen-bond acceptors (Lipinski definition) is 3. The molecule has 0 aromatic heterocycles. The Morgan fingerprint density at radius 2 is 2.11 bits per heavy atom. The van der Waals surface area contributed by atoms with Gasteiger partial charge in [-0.15, -0.1) is 17.0 Å². The number of aliphatic imine (C=N–C) groups is 1. The molecule has 0 N–H and O–H groups in total. The third-order valence-corrected chi connectivity index (χ3v) is 5.00. The molecule has 0 atom stereocenters. The highest BCUT2D eigenvalue weighted by Crippen LogP contribution is 2.41. The van der Waals surface area contributed by atoms with Gasteiger partial charge in [-0.1, -0.05) is 33.8 Å². The molecule has 96 valence electrons. The van der Waals surface area contributed by atoms with Gasteiger partial charge in [-0.2, -0.15) is 0 Å². The Balaban J connectivity index is 0.00000120. The second-order valence-corrected chi connectivity index (χ2v) is 6.32. The van der Waals surface area contributed by atoms with Gasteiger partial charge in [-0.05, 0) is 37.1 Å². The molecule has 1 aromatic carbocycles. The molecule has 2 heterocycles. The number of hydrogen-bond donors (Lipinski definition) is 0. The third-order valence-electron chi connectivity index (χ3n) is 3.08. The molecule has 0 fully saturated rings. The molecule has 0 bridgehead atoms. The first-order valence-electron chi connectivity index (χ1n) is 5.64. The monoisotopic (exact) mass is 388 g/mol. The number of aryl methyl sites for hydroxylation is 1. The van der Waals surface area contributed by atoms with Crippen LogP contribution in [0.3, 0.4) is 0 Å². The van der Waals surface area contributed by atoms with Crippen molar-refractivity contribution in [2.75, 3.05) is 13.1 Å². The van der Waals surface area contributed by atoms with Crippen LogP contribution in [0.5, 0.6) is 0 Å². The van der Waals surface area contributed by atoms with Crippen LogP contribution in [0, 0.1) is 6.92 Å². The van der Waals surface area contributed by atoms with Crippen molar-refractivity contribution >= 4 is 55.5 Å². The zero-order valence-electron chi connectivity index (χ0n) is 10.2. The van der Waals surface area contributed by atoms with Crippen molar-refractivity contribution in [3.8, 4) is 0 Å². The van der Waals surface area contributed by atoms with Gasteiger partial charge in [0.2, 0.25) is 0 Å². The van der Waals surface area contributed by atoms with Gasteiger partial charge in [0.05, 0.1) is 12.2 Å². The summed E-state index contributed by atoms with van der Waals surface area (Å²) in [5, 5.41) is 1.16. The SMILES string of the molecule is Br.CC1=C(c2ccc(Br)c(C)c2)N2CCN=C2S1. The average molecular weight is 390 g/mol.